The largest absolute Gasteiger partial charge is 0.473 e. The molecular formula is C13H24N4O2. The van der Waals surface area contributed by atoms with Gasteiger partial charge in [0.15, 0.2) is 5.82 Å². The second-order valence-corrected chi connectivity index (χ2v) is 4.67. The van der Waals surface area contributed by atoms with Gasteiger partial charge in [-0.05, 0) is 26.7 Å². The maximum absolute atomic E-state index is 8.68. The summed E-state index contributed by atoms with van der Waals surface area (Å²) in [6.07, 6.45) is 5.48. The van der Waals surface area contributed by atoms with Gasteiger partial charge in [0.1, 0.15) is 12.0 Å². The second-order valence-electron chi connectivity index (χ2n) is 4.67. The summed E-state index contributed by atoms with van der Waals surface area (Å²) in [4.78, 5) is 8.13. The highest BCUT2D eigenvalue weighted by Gasteiger charge is 2.09. The van der Waals surface area contributed by atoms with Crippen molar-refractivity contribution in [2.75, 3.05) is 24.2 Å². The van der Waals surface area contributed by atoms with Gasteiger partial charge < -0.3 is 20.9 Å². The molecule has 0 aliphatic rings. The van der Waals surface area contributed by atoms with E-state index in [1.165, 1.54) is 6.33 Å². The van der Waals surface area contributed by atoms with Crippen molar-refractivity contribution in [3.8, 4) is 5.88 Å². The van der Waals surface area contributed by atoms with Crippen molar-refractivity contribution < 1.29 is 9.84 Å². The third kappa shape index (κ3) is 5.74. The molecule has 0 fully saturated rings. The van der Waals surface area contributed by atoms with Crippen molar-refractivity contribution in [2.45, 2.75) is 45.6 Å². The van der Waals surface area contributed by atoms with E-state index < -0.39 is 0 Å². The van der Waals surface area contributed by atoms with Crippen LogP contribution in [0.15, 0.2) is 6.33 Å². The lowest BCUT2D eigenvalue weighted by Crippen LogP contribution is -2.12. The predicted octanol–water partition coefficient (Wildman–Crippen LogP) is 1.81. The molecule has 0 atom stereocenters. The molecule has 1 aromatic heterocycles. The number of nitrogens with zero attached hydrogens (tertiary/aromatic N) is 2. The Morgan fingerprint density at radius 1 is 1.26 bits per heavy atom. The molecule has 1 rings (SSSR count). The van der Waals surface area contributed by atoms with E-state index in [0.29, 0.717) is 17.4 Å². The van der Waals surface area contributed by atoms with Crippen LogP contribution in [0, 0.1) is 0 Å². The zero-order valence-corrected chi connectivity index (χ0v) is 11.7. The maximum Gasteiger partial charge on any atom is 0.242 e. The van der Waals surface area contributed by atoms with Crippen LogP contribution in [0.3, 0.4) is 0 Å². The van der Waals surface area contributed by atoms with Crippen LogP contribution in [-0.4, -0.2) is 34.3 Å². The van der Waals surface area contributed by atoms with Crippen LogP contribution in [0.5, 0.6) is 5.88 Å². The van der Waals surface area contributed by atoms with E-state index >= 15 is 0 Å². The minimum atomic E-state index is 0.0310. The third-order valence-corrected chi connectivity index (χ3v) is 2.57. The summed E-state index contributed by atoms with van der Waals surface area (Å²) in [7, 11) is 0. The third-order valence-electron chi connectivity index (χ3n) is 2.57. The van der Waals surface area contributed by atoms with E-state index in [2.05, 4.69) is 15.3 Å². The van der Waals surface area contributed by atoms with Crippen molar-refractivity contribution in [2.24, 2.45) is 0 Å². The number of nitrogen functional groups attached to an aromatic ring is 1. The second kappa shape index (κ2) is 8.53. The van der Waals surface area contributed by atoms with E-state index in [1.54, 1.807) is 0 Å². The molecule has 0 aliphatic carbocycles. The molecule has 0 aliphatic heterocycles. The molecule has 0 aromatic carbocycles. The van der Waals surface area contributed by atoms with Crippen molar-refractivity contribution in [1.82, 2.24) is 9.97 Å². The van der Waals surface area contributed by atoms with Crippen LogP contribution in [0.25, 0.3) is 0 Å². The predicted molar refractivity (Wildman–Crippen MR) is 76.3 cm³/mol. The minimum Gasteiger partial charge on any atom is -0.473 e. The van der Waals surface area contributed by atoms with Crippen molar-refractivity contribution >= 4 is 11.5 Å². The van der Waals surface area contributed by atoms with E-state index in [9.17, 15) is 0 Å². The van der Waals surface area contributed by atoms with E-state index in [1.807, 2.05) is 13.8 Å². The standard InChI is InChI=1S/C13H24N4O2/c1-10(2)19-13-11(14)12(16-9-17-13)15-7-5-3-4-6-8-18/h9-10,18H,3-8,14H2,1-2H3,(H,15,16,17). The molecule has 1 aromatic rings. The summed E-state index contributed by atoms with van der Waals surface area (Å²) in [6, 6.07) is 0. The Labute approximate surface area is 114 Å². The zero-order chi connectivity index (χ0) is 14.1. The number of unbranched alkanes of at least 4 members (excludes halogenated alkanes) is 3. The summed E-state index contributed by atoms with van der Waals surface area (Å²) in [5, 5.41) is 11.9. The van der Waals surface area contributed by atoms with Crippen LogP contribution in [0.4, 0.5) is 11.5 Å². The first-order valence-corrected chi connectivity index (χ1v) is 6.77. The molecule has 4 N–H and O–H groups in total. The molecule has 19 heavy (non-hydrogen) atoms. The number of nitrogens with one attached hydrogen (secondary N) is 1. The molecule has 0 unspecified atom stereocenters. The first-order chi connectivity index (χ1) is 9.15. The van der Waals surface area contributed by atoms with Crippen LogP contribution < -0.4 is 15.8 Å². The topological polar surface area (TPSA) is 93.3 Å². The number of rotatable bonds is 9. The van der Waals surface area contributed by atoms with E-state index in [4.69, 9.17) is 15.6 Å². The molecule has 0 saturated carbocycles. The highest BCUT2D eigenvalue weighted by Crippen LogP contribution is 2.25. The van der Waals surface area contributed by atoms with Gasteiger partial charge in [0, 0.05) is 13.2 Å². The fraction of sp³-hybridized carbons (Fsp3) is 0.692. The lowest BCUT2D eigenvalue weighted by molar-refractivity contribution is 0.234. The summed E-state index contributed by atoms with van der Waals surface area (Å²) < 4.78 is 5.50. The van der Waals surface area contributed by atoms with E-state index in [-0.39, 0.29) is 12.7 Å². The number of aliphatic hydroxyl groups is 1. The Morgan fingerprint density at radius 2 is 2.00 bits per heavy atom. The highest BCUT2D eigenvalue weighted by molar-refractivity contribution is 5.66. The fourth-order valence-electron chi connectivity index (χ4n) is 1.63. The lowest BCUT2D eigenvalue weighted by atomic mass is 10.2. The van der Waals surface area contributed by atoms with Crippen molar-refractivity contribution in [1.29, 1.82) is 0 Å². The Bertz CT molecular complexity index is 372. The van der Waals surface area contributed by atoms with Crippen LogP contribution in [0.1, 0.15) is 39.5 Å². The minimum absolute atomic E-state index is 0.0310. The van der Waals surface area contributed by atoms with Crippen LogP contribution >= 0.6 is 0 Å². The van der Waals surface area contributed by atoms with Gasteiger partial charge >= 0.3 is 0 Å². The number of anilines is 2. The normalized spacial score (nSPS) is 10.7. The molecule has 0 amide bonds. The Kier molecular flexibility index (Phi) is 6.95. The van der Waals surface area contributed by atoms with Crippen molar-refractivity contribution in [3.05, 3.63) is 6.33 Å². The number of aromatic nitrogens is 2. The fourth-order valence-corrected chi connectivity index (χ4v) is 1.63. The maximum atomic E-state index is 8.68. The highest BCUT2D eigenvalue weighted by atomic mass is 16.5. The van der Waals surface area contributed by atoms with Crippen molar-refractivity contribution in [3.63, 3.8) is 0 Å². The number of hydrogen-bond donors (Lipinski definition) is 3. The first kappa shape index (κ1) is 15.5. The average Bonchev–Trinajstić information content (AvgIpc) is 2.37. The van der Waals surface area contributed by atoms with Gasteiger partial charge in [0.2, 0.25) is 5.88 Å². The van der Waals surface area contributed by atoms with Gasteiger partial charge in [0.25, 0.3) is 0 Å². The molecule has 0 radical (unpaired) electrons. The van der Waals surface area contributed by atoms with Crippen LogP contribution in [-0.2, 0) is 0 Å². The van der Waals surface area contributed by atoms with Gasteiger partial charge in [-0.1, -0.05) is 12.8 Å². The SMILES string of the molecule is CC(C)Oc1ncnc(NCCCCCCO)c1N. The Morgan fingerprint density at radius 3 is 2.68 bits per heavy atom. The molecule has 108 valence electrons. The first-order valence-electron chi connectivity index (χ1n) is 6.77. The number of ether oxygens (including phenoxy) is 1. The lowest BCUT2D eigenvalue weighted by Gasteiger charge is -2.13. The average molecular weight is 268 g/mol. The van der Waals surface area contributed by atoms with Gasteiger partial charge in [-0.3, -0.25) is 0 Å². The van der Waals surface area contributed by atoms with E-state index in [0.717, 1.165) is 32.2 Å². The smallest absolute Gasteiger partial charge is 0.242 e. The number of aliphatic hydroxyl groups excluding tert-OH is 1. The zero-order valence-electron chi connectivity index (χ0n) is 11.7. The summed E-state index contributed by atoms with van der Waals surface area (Å²) in [5.41, 5.74) is 6.40. The van der Waals surface area contributed by atoms with Gasteiger partial charge in [-0.25, -0.2) is 4.98 Å². The molecule has 6 heteroatoms. The van der Waals surface area contributed by atoms with Gasteiger partial charge in [-0.15, -0.1) is 0 Å². The number of nitrogens with two attached hydrogens (primary N) is 1. The van der Waals surface area contributed by atoms with Gasteiger partial charge in [-0.2, -0.15) is 4.98 Å². The number of hydrogen-bond acceptors (Lipinski definition) is 6. The quantitative estimate of drug-likeness (QED) is 0.591. The van der Waals surface area contributed by atoms with Crippen LogP contribution in [0.2, 0.25) is 0 Å². The monoisotopic (exact) mass is 268 g/mol. The molecule has 0 saturated heterocycles. The molecule has 0 bridgehead atoms. The summed E-state index contributed by atoms with van der Waals surface area (Å²) in [5.74, 6) is 1.04. The molecule has 0 spiro atoms. The molecule has 1 heterocycles. The van der Waals surface area contributed by atoms with Gasteiger partial charge in [0.05, 0.1) is 6.10 Å². The Balaban J connectivity index is 2.41. The summed E-state index contributed by atoms with van der Waals surface area (Å²) in [6.45, 7) is 4.92. The Hall–Kier alpha value is -1.56. The summed E-state index contributed by atoms with van der Waals surface area (Å²) >= 11 is 0. The molecule has 6 nitrogen and oxygen atoms in total. The molecular weight excluding hydrogens is 244 g/mol.